The molecule has 308 valence electrons. The molecule has 0 bridgehead atoms. The van der Waals surface area contributed by atoms with Crippen molar-refractivity contribution in [2.45, 2.75) is 37.8 Å². The van der Waals surface area contributed by atoms with E-state index >= 15 is 0 Å². The molecule has 2 aliphatic heterocycles. The van der Waals surface area contributed by atoms with Gasteiger partial charge in [0.2, 0.25) is 20.0 Å². The van der Waals surface area contributed by atoms with Crippen molar-refractivity contribution in [2.75, 3.05) is 69.7 Å². The summed E-state index contributed by atoms with van der Waals surface area (Å²) in [5, 5.41) is 3.54. The molecule has 0 amide bonds. The molecule has 0 aliphatic carbocycles. The van der Waals surface area contributed by atoms with E-state index in [1.807, 2.05) is 0 Å². The molecule has 0 spiro atoms. The fourth-order valence-electron chi connectivity index (χ4n) is 5.93. The fraction of sp³-hybridized carbons (Fsp3) is 0.368. The average Bonchev–Trinajstić information content (AvgIpc) is 3.18. The Morgan fingerprint density at radius 3 is 1.46 bits per heavy atom. The zero-order valence-corrected chi connectivity index (χ0v) is 34.6. The first-order valence-electron chi connectivity index (χ1n) is 17.9. The molecule has 2 saturated heterocycles. The quantitative estimate of drug-likeness (QED) is 0.132. The number of nitrogens with two attached hydrogens (primary N) is 3. The molecule has 57 heavy (non-hydrogen) atoms. The number of ketones is 2. The van der Waals surface area contributed by atoms with E-state index < -0.39 is 20.0 Å². The number of pyridine rings is 2. The van der Waals surface area contributed by atoms with Crippen LogP contribution in [0.25, 0.3) is 0 Å². The third-order valence-corrected chi connectivity index (χ3v) is 12.1. The van der Waals surface area contributed by atoms with Crippen LogP contribution in [0.5, 0.6) is 11.5 Å². The van der Waals surface area contributed by atoms with E-state index in [1.54, 1.807) is 80.9 Å². The number of hydrogen-bond donors (Lipinski definition) is 4. The fourth-order valence-corrected chi connectivity index (χ4v) is 7.84. The third kappa shape index (κ3) is 13.1. The van der Waals surface area contributed by atoms with Gasteiger partial charge < -0.3 is 32.0 Å². The van der Waals surface area contributed by atoms with Crippen molar-refractivity contribution >= 4 is 60.7 Å². The van der Waals surface area contributed by atoms with Crippen molar-refractivity contribution in [1.82, 2.24) is 18.6 Å². The maximum Gasteiger partial charge on any atom is 0.211 e. The maximum absolute atomic E-state index is 12.7. The third-order valence-electron chi connectivity index (χ3n) is 9.25. The number of sulfonamides is 2. The molecule has 7 N–H and O–H groups in total. The summed E-state index contributed by atoms with van der Waals surface area (Å²) < 4.78 is 58.2. The summed E-state index contributed by atoms with van der Waals surface area (Å²) in [6.45, 7) is 2.11. The van der Waals surface area contributed by atoms with E-state index in [1.165, 1.54) is 27.2 Å². The summed E-state index contributed by atoms with van der Waals surface area (Å²) in [7, 11) is -2.99. The maximum atomic E-state index is 12.7. The molecule has 0 saturated carbocycles. The second-order valence-electron chi connectivity index (χ2n) is 13.4. The van der Waals surface area contributed by atoms with Crippen LogP contribution in [0.3, 0.4) is 0 Å². The van der Waals surface area contributed by atoms with Crippen LogP contribution in [-0.4, -0.2) is 112 Å². The number of ether oxygens (including phenoxy) is 2. The lowest BCUT2D eigenvalue weighted by molar-refractivity contribution is 0.103. The molecule has 2 aromatic carbocycles. The Bertz CT molecular complexity index is 2210. The zero-order valence-electron chi connectivity index (χ0n) is 32.2. The molecule has 0 radical (unpaired) electrons. The lowest BCUT2D eigenvalue weighted by Crippen LogP contribution is -2.42. The van der Waals surface area contributed by atoms with Crippen molar-refractivity contribution in [3.8, 4) is 11.5 Å². The summed E-state index contributed by atoms with van der Waals surface area (Å²) in [4.78, 5) is 33.0. The number of halogens is 1. The topological polar surface area (TPSA) is 243 Å². The van der Waals surface area contributed by atoms with E-state index in [-0.39, 0.29) is 40.4 Å². The van der Waals surface area contributed by atoms with Gasteiger partial charge in [-0.3, -0.25) is 9.59 Å². The number of hydrogen-bond acceptors (Lipinski definition) is 14. The smallest absolute Gasteiger partial charge is 0.211 e. The predicted octanol–water partition coefficient (Wildman–Crippen LogP) is 3.67. The van der Waals surface area contributed by atoms with Gasteiger partial charge in [0.1, 0.15) is 34.1 Å². The van der Waals surface area contributed by atoms with Crippen LogP contribution in [0.15, 0.2) is 72.8 Å². The van der Waals surface area contributed by atoms with E-state index in [9.17, 15) is 26.4 Å². The van der Waals surface area contributed by atoms with E-state index in [2.05, 4.69) is 15.3 Å². The molecule has 2 fully saturated rings. The first-order valence-corrected chi connectivity index (χ1v) is 22.0. The Hall–Kier alpha value is -4.85. The highest BCUT2D eigenvalue weighted by Crippen LogP contribution is 2.23. The largest absolute Gasteiger partial charge is 0.497 e. The van der Waals surface area contributed by atoms with Crippen LogP contribution < -0.4 is 32.0 Å². The average molecular weight is 845 g/mol. The number of methoxy groups -OCH3 is 2. The number of aromatic nitrogens is 2. The van der Waals surface area contributed by atoms with Crippen molar-refractivity contribution < 1.29 is 35.9 Å². The lowest BCUT2D eigenvalue weighted by Gasteiger charge is -2.31. The van der Waals surface area contributed by atoms with Gasteiger partial charge in [-0.2, -0.15) is 0 Å². The van der Waals surface area contributed by atoms with E-state index in [4.69, 9.17) is 38.3 Å². The number of anilines is 3. The van der Waals surface area contributed by atoms with Crippen LogP contribution in [0.2, 0.25) is 5.15 Å². The highest BCUT2D eigenvalue weighted by molar-refractivity contribution is 7.88. The van der Waals surface area contributed by atoms with Crippen LogP contribution >= 0.6 is 11.6 Å². The zero-order chi connectivity index (χ0) is 41.9. The minimum absolute atomic E-state index is 0.105. The molecule has 2 aliphatic rings. The number of nitrogen functional groups attached to an aromatic ring is 2. The molecule has 4 aromatic rings. The molecular formula is C38H49ClN8O8S2. The number of benzene rings is 2. The number of rotatable bonds is 10. The Morgan fingerprint density at radius 1 is 0.667 bits per heavy atom. The number of carbonyl (C=O) groups excluding carboxylic acids is 2. The number of piperidine rings is 2. The van der Waals surface area contributed by atoms with Gasteiger partial charge in [-0.25, -0.2) is 35.4 Å². The van der Waals surface area contributed by atoms with Crippen molar-refractivity contribution in [2.24, 2.45) is 5.73 Å². The summed E-state index contributed by atoms with van der Waals surface area (Å²) in [6.07, 6.45) is 5.40. The van der Waals surface area contributed by atoms with Gasteiger partial charge in [-0.1, -0.05) is 11.6 Å². The molecule has 16 nitrogen and oxygen atoms in total. The van der Waals surface area contributed by atoms with E-state index in [0.717, 1.165) is 12.8 Å². The minimum atomic E-state index is -3.15. The van der Waals surface area contributed by atoms with Gasteiger partial charge in [-0.15, -0.1) is 0 Å². The number of nitrogens with zero attached hydrogens (tertiary/aromatic N) is 4. The molecule has 0 unspecified atom stereocenters. The van der Waals surface area contributed by atoms with Crippen molar-refractivity contribution in [3.05, 3.63) is 100 Å². The molecule has 4 heterocycles. The summed E-state index contributed by atoms with van der Waals surface area (Å²) in [5.41, 5.74) is 19.0. The highest BCUT2D eigenvalue weighted by Gasteiger charge is 2.26. The minimum Gasteiger partial charge on any atom is -0.497 e. The van der Waals surface area contributed by atoms with Crippen molar-refractivity contribution in [1.29, 1.82) is 0 Å². The highest BCUT2D eigenvalue weighted by atomic mass is 35.5. The monoisotopic (exact) mass is 844 g/mol. The SMILES string of the molecule is COc1ccc(C(=O)c2ccc(Cl)nc2N)cc1.COc1ccc(C(=O)c2ccc(NC3CCN(S(C)(=O)=O)CC3)nc2N)cc1.CS(=O)(=O)N1CCC(N)CC1. The normalized spacial score (nSPS) is 15.6. The molecular weight excluding hydrogens is 796 g/mol. The summed E-state index contributed by atoms with van der Waals surface area (Å²) in [6, 6.07) is 20.4. The second-order valence-corrected chi connectivity index (χ2v) is 17.7. The van der Waals surface area contributed by atoms with Crippen molar-refractivity contribution in [3.63, 3.8) is 0 Å². The first-order chi connectivity index (χ1) is 26.9. The van der Waals surface area contributed by atoms with Gasteiger partial charge >= 0.3 is 0 Å². The van der Waals surface area contributed by atoms with Gasteiger partial charge in [0, 0.05) is 49.4 Å². The van der Waals surface area contributed by atoms with Crippen LogP contribution in [-0.2, 0) is 20.0 Å². The van der Waals surface area contributed by atoms with Gasteiger partial charge in [0.15, 0.2) is 11.6 Å². The Balaban J connectivity index is 0.000000211. The number of nitrogens with one attached hydrogen (secondary N) is 1. The van der Waals surface area contributed by atoms with E-state index in [0.29, 0.717) is 78.6 Å². The van der Waals surface area contributed by atoms with Crippen LogP contribution in [0.4, 0.5) is 17.5 Å². The van der Waals surface area contributed by atoms with Crippen LogP contribution in [0, 0.1) is 0 Å². The Kier molecular flexibility index (Phi) is 15.8. The molecule has 2 aromatic heterocycles. The Morgan fingerprint density at radius 2 is 1.07 bits per heavy atom. The van der Waals surface area contributed by atoms with Gasteiger partial charge in [-0.05, 0) is 98.5 Å². The van der Waals surface area contributed by atoms with Gasteiger partial charge in [0.25, 0.3) is 0 Å². The first kappa shape index (κ1) is 44.9. The standard InChI is InChI=1S/C19H24N4O4S.C13H11ClN2O2.C6H14N2O2S/c1-27-15-5-3-13(4-6-15)18(24)16-7-8-17(22-19(16)20)21-14-9-11-23(12-10-14)28(2,25)26;1-18-9-4-2-8(3-5-9)12(17)10-6-7-11(14)16-13(10)15;1-11(9,10)8-4-2-6(7)3-5-8/h3-8,14H,9-12H2,1-2H3,(H3,20,21,22);2-7H,1H3,(H2,15,16);6H,2-5,7H2,1H3. The Labute approximate surface area is 338 Å². The molecule has 0 atom stereocenters. The number of carbonyl (C=O) groups is 2. The predicted molar refractivity (Wildman–Crippen MR) is 222 cm³/mol. The molecule has 19 heteroatoms. The van der Waals surface area contributed by atoms with Gasteiger partial charge in [0.05, 0.1) is 37.9 Å². The lowest BCUT2D eigenvalue weighted by atomic mass is 10.0. The summed E-state index contributed by atoms with van der Waals surface area (Å²) >= 11 is 5.69. The summed E-state index contributed by atoms with van der Waals surface area (Å²) in [5.74, 6) is 1.81. The van der Waals surface area contributed by atoms with Crippen LogP contribution in [0.1, 0.15) is 57.5 Å². The molecule has 6 rings (SSSR count). The second kappa shape index (κ2) is 20.0.